The highest BCUT2D eigenvalue weighted by atomic mass is 35.5. The average Bonchev–Trinajstić information content (AvgIpc) is 2.73. The first kappa shape index (κ1) is 21.5. The lowest BCUT2D eigenvalue weighted by molar-refractivity contribution is -0.116. The molecule has 154 valence electrons. The standard InChI is InChI=1S/C21H23ClN2O4S/c22-17-6-4-16(5-7-17)20(25)12-13-21(26)23-18-8-10-19(11-9-18)29(27,28)24-14-2-1-3-15-24/h4-11H,1-3,12-15H2,(H,23,26). The molecule has 0 spiro atoms. The second-order valence-electron chi connectivity index (χ2n) is 6.97. The van der Waals surface area contributed by atoms with E-state index < -0.39 is 10.0 Å². The molecule has 8 heteroatoms. The van der Waals surface area contributed by atoms with Crippen molar-refractivity contribution in [2.45, 2.75) is 37.0 Å². The van der Waals surface area contributed by atoms with Crippen molar-refractivity contribution >= 4 is 39.0 Å². The van der Waals surface area contributed by atoms with E-state index in [0.29, 0.717) is 29.4 Å². The van der Waals surface area contributed by atoms with E-state index in [-0.39, 0.29) is 29.4 Å². The number of sulfonamides is 1. The highest BCUT2D eigenvalue weighted by Crippen LogP contribution is 2.22. The summed E-state index contributed by atoms with van der Waals surface area (Å²) in [7, 11) is -3.50. The Morgan fingerprint density at radius 2 is 1.52 bits per heavy atom. The molecule has 1 aliphatic rings. The van der Waals surface area contributed by atoms with Crippen LogP contribution < -0.4 is 5.32 Å². The Morgan fingerprint density at radius 3 is 2.14 bits per heavy atom. The maximum absolute atomic E-state index is 12.6. The smallest absolute Gasteiger partial charge is 0.243 e. The lowest BCUT2D eigenvalue weighted by Crippen LogP contribution is -2.35. The summed E-state index contributed by atoms with van der Waals surface area (Å²) in [6.45, 7) is 1.09. The molecule has 2 aromatic carbocycles. The molecule has 0 aliphatic carbocycles. The van der Waals surface area contributed by atoms with Gasteiger partial charge in [0.25, 0.3) is 0 Å². The zero-order valence-electron chi connectivity index (χ0n) is 15.9. The molecule has 1 saturated heterocycles. The third-order valence-corrected chi connectivity index (χ3v) is 7.00. The van der Waals surface area contributed by atoms with Crippen LogP contribution in [-0.4, -0.2) is 37.5 Å². The van der Waals surface area contributed by atoms with Crippen molar-refractivity contribution in [3.8, 4) is 0 Å². The maximum atomic E-state index is 12.6. The van der Waals surface area contributed by atoms with Crippen LogP contribution in [0.5, 0.6) is 0 Å². The molecule has 0 aromatic heterocycles. The average molecular weight is 435 g/mol. The van der Waals surface area contributed by atoms with Gasteiger partial charge >= 0.3 is 0 Å². The number of nitrogens with one attached hydrogen (secondary N) is 1. The Bertz CT molecular complexity index is 967. The van der Waals surface area contributed by atoms with Crippen LogP contribution in [0.2, 0.25) is 5.02 Å². The third-order valence-electron chi connectivity index (χ3n) is 4.84. The van der Waals surface area contributed by atoms with Crippen LogP contribution in [0.15, 0.2) is 53.4 Å². The summed E-state index contributed by atoms with van der Waals surface area (Å²) in [6, 6.07) is 12.7. The summed E-state index contributed by atoms with van der Waals surface area (Å²) in [4.78, 5) is 24.5. The highest BCUT2D eigenvalue weighted by molar-refractivity contribution is 7.89. The van der Waals surface area contributed by atoms with Crippen LogP contribution in [0.1, 0.15) is 42.5 Å². The van der Waals surface area contributed by atoms with Gasteiger partial charge in [-0.25, -0.2) is 8.42 Å². The van der Waals surface area contributed by atoms with Crippen LogP contribution in [0.4, 0.5) is 5.69 Å². The van der Waals surface area contributed by atoms with Crippen molar-refractivity contribution in [1.82, 2.24) is 4.31 Å². The fraction of sp³-hybridized carbons (Fsp3) is 0.333. The van der Waals surface area contributed by atoms with Gasteiger partial charge in [0.1, 0.15) is 0 Å². The molecule has 1 aliphatic heterocycles. The van der Waals surface area contributed by atoms with Gasteiger partial charge in [0.15, 0.2) is 5.78 Å². The fourth-order valence-electron chi connectivity index (χ4n) is 3.20. The minimum Gasteiger partial charge on any atom is -0.326 e. The number of halogens is 1. The zero-order valence-corrected chi connectivity index (χ0v) is 17.5. The maximum Gasteiger partial charge on any atom is 0.243 e. The summed E-state index contributed by atoms with van der Waals surface area (Å²) in [5, 5.41) is 3.24. The van der Waals surface area contributed by atoms with E-state index in [1.807, 2.05) is 0 Å². The largest absolute Gasteiger partial charge is 0.326 e. The van der Waals surface area contributed by atoms with E-state index >= 15 is 0 Å². The molecule has 1 fully saturated rings. The Balaban J connectivity index is 1.54. The summed E-state index contributed by atoms with van der Waals surface area (Å²) >= 11 is 5.80. The SMILES string of the molecule is O=C(CCC(=O)c1ccc(Cl)cc1)Nc1ccc(S(=O)(=O)N2CCCCC2)cc1. The minimum atomic E-state index is -3.50. The van der Waals surface area contributed by atoms with E-state index in [2.05, 4.69) is 5.32 Å². The van der Waals surface area contributed by atoms with E-state index in [1.54, 1.807) is 36.4 Å². The number of Topliss-reactive ketones (excluding diaryl/α,β-unsaturated/α-hetero) is 1. The fourth-order valence-corrected chi connectivity index (χ4v) is 4.84. The molecule has 0 bridgehead atoms. The van der Waals surface area contributed by atoms with Gasteiger partial charge in [0, 0.05) is 42.2 Å². The number of nitrogens with zero attached hydrogens (tertiary/aromatic N) is 1. The normalized spacial score (nSPS) is 15.1. The van der Waals surface area contributed by atoms with Gasteiger partial charge in [-0.2, -0.15) is 4.31 Å². The molecule has 0 saturated carbocycles. The molecule has 1 N–H and O–H groups in total. The lowest BCUT2D eigenvalue weighted by atomic mass is 10.1. The Labute approximate surface area is 175 Å². The first-order chi connectivity index (χ1) is 13.9. The first-order valence-corrected chi connectivity index (χ1v) is 11.4. The van der Waals surface area contributed by atoms with Crippen molar-refractivity contribution in [2.24, 2.45) is 0 Å². The number of benzene rings is 2. The summed E-state index contributed by atoms with van der Waals surface area (Å²) < 4.78 is 26.8. The number of anilines is 1. The van der Waals surface area contributed by atoms with Crippen molar-refractivity contribution in [2.75, 3.05) is 18.4 Å². The predicted molar refractivity (Wildman–Crippen MR) is 113 cm³/mol. The molecule has 2 aromatic rings. The molecule has 1 amide bonds. The number of rotatable bonds is 7. The van der Waals surface area contributed by atoms with Crippen LogP contribution in [0.25, 0.3) is 0 Å². The van der Waals surface area contributed by atoms with Gasteiger partial charge in [-0.05, 0) is 61.4 Å². The second-order valence-corrected chi connectivity index (χ2v) is 9.34. The van der Waals surface area contributed by atoms with E-state index in [0.717, 1.165) is 19.3 Å². The number of hydrogen-bond acceptors (Lipinski definition) is 4. The summed E-state index contributed by atoms with van der Waals surface area (Å²) in [6.07, 6.45) is 2.92. The summed E-state index contributed by atoms with van der Waals surface area (Å²) in [5.41, 5.74) is 1.00. The van der Waals surface area contributed by atoms with Gasteiger partial charge in [0.05, 0.1) is 4.90 Å². The van der Waals surface area contributed by atoms with E-state index in [1.165, 1.54) is 16.4 Å². The van der Waals surface area contributed by atoms with Crippen LogP contribution in [0.3, 0.4) is 0 Å². The molecule has 0 radical (unpaired) electrons. The predicted octanol–water partition coefficient (Wildman–Crippen LogP) is 4.12. The van der Waals surface area contributed by atoms with Gasteiger partial charge in [0.2, 0.25) is 15.9 Å². The topological polar surface area (TPSA) is 83.5 Å². The van der Waals surface area contributed by atoms with Crippen molar-refractivity contribution < 1.29 is 18.0 Å². The van der Waals surface area contributed by atoms with Crippen molar-refractivity contribution in [3.05, 3.63) is 59.1 Å². The Morgan fingerprint density at radius 1 is 0.897 bits per heavy atom. The zero-order chi connectivity index (χ0) is 20.9. The number of hydrogen-bond donors (Lipinski definition) is 1. The molecule has 0 atom stereocenters. The number of ketones is 1. The number of piperidine rings is 1. The van der Waals surface area contributed by atoms with Gasteiger partial charge in [-0.15, -0.1) is 0 Å². The lowest BCUT2D eigenvalue weighted by Gasteiger charge is -2.25. The minimum absolute atomic E-state index is 0.0370. The number of carbonyl (C=O) groups is 2. The van der Waals surface area contributed by atoms with Crippen LogP contribution in [0, 0.1) is 0 Å². The quantitative estimate of drug-likeness (QED) is 0.664. The Hall–Kier alpha value is -2.22. The summed E-state index contributed by atoms with van der Waals surface area (Å²) in [5.74, 6) is -0.446. The van der Waals surface area contributed by atoms with Crippen LogP contribution >= 0.6 is 11.6 Å². The molecule has 29 heavy (non-hydrogen) atoms. The molecular weight excluding hydrogens is 412 g/mol. The molecule has 3 rings (SSSR count). The van der Waals surface area contributed by atoms with Crippen LogP contribution in [-0.2, 0) is 14.8 Å². The second kappa shape index (κ2) is 9.52. The first-order valence-electron chi connectivity index (χ1n) is 9.55. The molecule has 6 nitrogen and oxygen atoms in total. The Kier molecular flexibility index (Phi) is 7.05. The molecule has 1 heterocycles. The van der Waals surface area contributed by atoms with Crippen molar-refractivity contribution in [1.29, 1.82) is 0 Å². The van der Waals surface area contributed by atoms with Gasteiger partial charge < -0.3 is 5.32 Å². The third kappa shape index (κ3) is 5.65. The number of amides is 1. The van der Waals surface area contributed by atoms with Gasteiger partial charge in [-0.1, -0.05) is 18.0 Å². The monoisotopic (exact) mass is 434 g/mol. The van der Waals surface area contributed by atoms with E-state index in [9.17, 15) is 18.0 Å². The van der Waals surface area contributed by atoms with Crippen molar-refractivity contribution in [3.63, 3.8) is 0 Å². The molecule has 0 unspecified atom stereocenters. The van der Waals surface area contributed by atoms with E-state index in [4.69, 9.17) is 11.6 Å². The van der Waals surface area contributed by atoms with Gasteiger partial charge in [-0.3, -0.25) is 9.59 Å². The number of carbonyl (C=O) groups excluding carboxylic acids is 2. The highest BCUT2D eigenvalue weighted by Gasteiger charge is 2.25. The molecular formula is C21H23ClN2O4S.